The average molecular weight is 452 g/mol. The fourth-order valence-electron chi connectivity index (χ4n) is 3.31. The number of anilines is 1. The van der Waals surface area contributed by atoms with E-state index in [2.05, 4.69) is 19.7 Å². The van der Waals surface area contributed by atoms with Gasteiger partial charge in [0.15, 0.2) is 0 Å². The van der Waals surface area contributed by atoms with E-state index in [0.29, 0.717) is 10.7 Å². The standard InChI is InChI=1S/C20H23ClFN5O2S/c1-19(2)18(23)27-20(3,11-30(19,29)24-4)14-9-13(6-7-15(14)22)26-17(28)16-8-5-12(21)10-25-16/h5-10H,11H2,1-4H3,(H2,23,27)(H,26,28)/t20-,30+/m0/s1. The van der Waals surface area contributed by atoms with Crippen molar-refractivity contribution in [3.8, 4) is 0 Å². The van der Waals surface area contributed by atoms with Gasteiger partial charge in [0.2, 0.25) is 0 Å². The molecular formula is C20H23ClFN5O2S. The molecule has 0 fully saturated rings. The first-order valence-electron chi connectivity index (χ1n) is 9.13. The minimum absolute atomic E-state index is 0.00272. The summed E-state index contributed by atoms with van der Waals surface area (Å²) in [5.41, 5.74) is 5.59. The summed E-state index contributed by atoms with van der Waals surface area (Å²) in [6.45, 7) is 5.09. The van der Waals surface area contributed by atoms with Crippen LogP contribution in [0.15, 0.2) is 45.9 Å². The highest BCUT2D eigenvalue weighted by molar-refractivity contribution is 7.95. The summed E-state index contributed by atoms with van der Waals surface area (Å²) in [5, 5.41) is 3.08. The number of amides is 1. The van der Waals surface area contributed by atoms with Gasteiger partial charge in [0.25, 0.3) is 5.91 Å². The van der Waals surface area contributed by atoms with Gasteiger partial charge in [0.1, 0.15) is 27.6 Å². The van der Waals surface area contributed by atoms with E-state index >= 15 is 0 Å². The molecule has 2 atom stereocenters. The van der Waals surface area contributed by atoms with E-state index in [1.54, 1.807) is 26.8 Å². The Labute approximate surface area is 180 Å². The van der Waals surface area contributed by atoms with Gasteiger partial charge < -0.3 is 11.1 Å². The van der Waals surface area contributed by atoms with Crippen LogP contribution in [0.2, 0.25) is 5.02 Å². The normalized spacial score (nSPS) is 25.3. The lowest BCUT2D eigenvalue weighted by molar-refractivity contribution is 0.102. The molecule has 1 aliphatic heterocycles. The smallest absolute Gasteiger partial charge is 0.274 e. The molecular weight excluding hydrogens is 429 g/mol. The summed E-state index contributed by atoms with van der Waals surface area (Å²) in [4.78, 5) is 20.9. The lowest BCUT2D eigenvalue weighted by atomic mass is 9.92. The number of rotatable bonds is 3. The molecule has 0 aliphatic carbocycles. The second kappa shape index (κ2) is 7.63. The Morgan fingerprint density at radius 1 is 1.30 bits per heavy atom. The molecule has 1 aromatic carbocycles. The molecule has 0 saturated carbocycles. The number of nitrogens with two attached hydrogens (primary N) is 1. The molecule has 3 N–H and O–H groups in total. The van der Waals surface area contributed by atoms with Gasteiger partial charge in [-0.05, 0) is 51.1 Å². The van der Waals surface area contributed by atoms with Crippen molar-refractivity contribution < 1.29 is 13.4 Å². The van der Waals surface area contributed by atoms with Gasteiger partial charge in [-0.3, -0.25) is 9.79 Å². The predicted molar refractivity (Wildman–Crippen MR) is 118 cm³/mol. The van der Waals surface area contributed by atoms with Crippen LogP contribution in [0.1, 0.15) is 36.8 Å². The Hall–Kier alpha value is -2.52. The van der Waals surface area contributed by atoms with Gasteiger partial charge >= 0.3 is 0 Å². The fourth-order valence-corrected chi connectivity index (χ4v) is 5.72. The van der Waals surface area contributed by atoms with Gasteiger partial charge in [0, 0.05) is 24.5 Å². The Bertz CT molecular complexity index is 1160. The van der Waals surface area contributed by atoms with Crippen molar-refractivity contribution in [1.29, 1.82) is 0 Å². The van der Waals surface area contributed by atoms with Crippen LogP contribution < -0.4 is 11.1 Å². The molecule has 0 spiro atoms. The number of aromatic nitrogens is 1. The molecule has 30 heavy (non-hydrogen) atoms. The highest BCUT2D eigenvalue weighted by Gasteiger charge is 2.47. The summed E-state index contributed by atoms with van der Waals surface area (Å²) in [6, 6.07) is 7.15. The topological polar surface area (TPSA) is 110 Å². The van der Waals surface area contributed by atoms with E-state index < -0.39 is 31.7 Å². The van der Waals surface area contributed by atoms with Crippen LogP contribution in [0.4, 0.5) is 10.1 Å². The minimum atomic E-state index is -2.82. The SMILES string of the molecule is CN=[S@@]1(=O)C[C@@](C)(c2cc(NC(=O)c3ccc(Cl)cn3)ccc2F)N=C(N)C1(C)C. The lowest BCUT2D eigenvalue weighted by Gasteiger charge is -2.40. The number of hydrogen-bond donors (Lipinski definition) is 2. The molecule has 1 aromatic heterocycles. The van der Waals surface area contributed by atoms with E-state index in [-0.39, 0.29) is 22.8 Å². The van der Waals surface area contributed by atoms with E-state index in [9.17, 15) is 13.4 Å². The largest absolute Gasteiger partial charge is 0.386 e. The summed E-state index contributed by atoms with van der Waals surface area (Å²) < 4.78 is 31.4. The maximum Gasteiger partial charge on any atom is 0.274 e. The zero-order valence-electron chi connectivity index (χ0n) is 17.1. The molecule has 3 rings (SSSR count). The van der Waals surface area contributed by atoms with Crippen LogP contribution >= 0.6 is 11.6 Å². The number of nitrogens with zero attached hydrogens (tertiary/aromatic N) is 3. The number of halogens is 2. The molecule has 2 heterocycles. The monoisotopic (exact) mass is 451 g/mol. The number of pyridine rings is 1. The number of hydrogen-bond acceptors (Lipinski definition) is 6. The molecule has 7 nitrogen and oxygen atoms in total. The summed E-state index contributed by atoms with van der Waals surface area (Å²) in [7, 11) is -1.35. The molecule has 160 valence electrons. The average Bonchev–Trinajstić information content (AvgIpc) is 2.68. The van der Waals surface area contributed by atoms with E-state index in [0.717, 1.165) is 0 Å². The zero-order valence-corrected chi connectivity index (χ0v) is 18.6. The van der Waals surface area contributed by atoms with Crippen molar-refractivity contribution in [2.45, 2.75) is 31.1 Å². The van der Waals surface area contributed by atoms with E-state index in [1.807, 2.05) is 0 Å². The Kier molecular flexibility index (Phi) is 5.64. The van der Waals surface area contributed by atoms with Gasteiger partial charge in [-0.1, -0.05) is 11.6 Å². The Balaban J connectivity index is 2.01. The third-order valence-corrected chi connectivity index (χ3v) is 8.89. The highest BCUT2D eigenvalue weighted by atomic mass is 35.5. The number of carbonyl (C=O) groups is 1. The quantitative estimate of drug-likeness (QED) is 0.742. The van der Waals surface area contributed by atoms with Gasteiger partial charge in [-0.15, -0.1) is 0 Å². The minimum Gasteiger partial charge on any atom is -0.386 e. The third-order valence-electron chi connectivity index (χ3n) is 5.32. The highest BCUT2D eigenvalue weighted by Crippen LogP contribution is 2.39. The summed E-state index contributed by atoms with van der Waals surface area (Å²) in [6.07, 6.45) is 1.36. The van der Waals surface area contributed by atoms with Gasteiger partial charge in [-0.25, -0.2) is 17.9 Å². The predicted octanol–water partition coefficient (Wildman–Crippen LogP) is 3.59. The van der Waals surface area contributed by atoms with Gasteiger partial charge in [-0.2, -0.15) is 0 Å². The zero-order chi connectivity index (χ0) is 22.3. The second-order valence-corrected chi connectivity index (χ2v) is 11.2. The molecule has 0 unspecified atom stereocenters. The van der Waals surface area contributed by atoms with Crippen LogP contribution in [0, 0.1) is 5.82 Å². The molecule has 10 heteroatoms. The molecule has 1 aliphatic rings. The number of benzene rings is 1. The van der Waals surface area contributed by atoms with Crippen molar-refractivity contribution in [2.75, 3.05) is 18.1 Å². The summed E-state index contributed by atoms with van der Waals surface area (Å²) >= 11 is 5.79. The van der Waals surface area contributed by atoms with Crippen molar-refractivity contribution in [3.05, 3.63) is 58.6 Å². The van der Waals surface area contributed by atoms with Crippen molar-refractivity contribution in [1.82, 2.24) is 4.98 Å². The molecule has 1 amide bonds. The fraction of sp³-hybridized carbons (Fsp3) is 0.350. The van der Waals surface area contributed by atoms with Crippen LogP contribution in [0.5, 0.6) is 0 Å². The second-order valence-electron chi connectivity index (χ2n) is 7.76. The lowest BCUT2D eigenvalue weighted by Crippen LogP contribution is -2.54. The van der Waals surface area contributed by atoms with Gasteiger partial charge in [0.05, 0.1) is 20.5 Å². The van der Waals surface area contributed by atoms with Crippen molar-refractivity contribution >= 4 is 38.8 Å². The molecule has 0 radical (unpaired) electrons. The number of nitrogens with one attached hydrogen (secondary N) is 1. The first-order valence-corrected chi connectivity index (χ1v) is 11.2. The number of carbonyl (C=O) groups excluding carboxylic acids is 1. The molecule has 0 saturated heterocycles. The first kappa shape index (κ1) is 22.2. The maximum absolute atomic E-state index is 14.8. The van der Waals surface area contributed by atoms with Crippen LogP contribution in [0.3, 0.4) is 0 Å². The van der Waals surface area contributed by atoms with E-state index in [1.165, 1.54) is 37.5 Å². The van der Waals surface area contributed by atoms with Crippen LogP contribution in [-0.2, 0) is 15.3 Å². The number of amidine groups is 1. The molecule has 2 aromatic rings. The van der Waals surface area contributed by atoms with Crippen molar-refractivity contribution in [3.63, 3.8) is 0 Å². The van der Waals surface area contributed by atoms with E-state index in [4.69, 9.17) is 17.3 Å². The Morgan fingerprint density at radius 3 is 2.60 bits per heavy atom. The summed E-state index contributed by atoms with van der Waals surface area (Å²) in [5.74, 6) is -0.883. The first-order chi connectivity index (χ1) is 13.9. The molecule has 0 bridgehead atoms. The van der Waals surface area contributed by atoms with Crippen LogP contribution in [0.25, 0.3) is 0 Å². The Morgan fingerprint density at radius 2 is 2.00 bits per heavy atom. The van der Waals surface area contributed by atoms with Crippen molar-refractivity contribution in [2.24, 2.45) is 15.1 Å². The number of aliphatic imine (C=N–C) groups is 1. The third kappa shape index (κ3) is 3.79. The van der Waals surface area contributed by atoms with Crippen LogP contribution in [-0.4, -0.2) is 38.5 Å². The maximum atomic E-state index is 14.8.